The minimum atomic E-state index is -1.18. The molecule has 0 spiro atoms. The molecular weight excluding hydrogens is 270 g/mol. The van der Waals surface area contributed by atoms with Crippen molar-refractivity contribution in [3.8, 4) is 0 Å². The summed E-state index contributed by atoms with van der Waals surface area (Å²) in [5, 5.41) is 28.9. The first-order chi connectivity index (χ1) is 9.13. The molecule has 4 atom stereocenters. The van der Waals surface area contributed by atoms with Crippen LogP contribution in [0.1, 0.15) is 6.23 Å². The van der Waals surface area contributed by atoms with E-state index >= 15 is 0 Å². The second-order valence-electron chi connectivity index (χ2n) is 4.43. The minimum absolute atomic E-state index is 0.149. The van der Waals surface area contributed by atoms with Gasteiger partial charge in [-0.3, -0.25) is 4.57 Å². The van der Waals surface area contributed by atoms with Crippen molar-refractivity contribution in [1.82, 2.24) is 4.57 Å². The zero-order valence-electron chi connectivity index (χ0n) is 9.84. The zero-order chi connectivity index (χ0) is 13.6. The lowest BCUT2D eigenvalue weighted by Crippen LogP contribution is -2.33. The van der Waals surface area contributed by atoms with Crippen LogP contribution in [0.2, 0.25) is 0 Å². The molecule has 7 heteroatoms. The van der Waals surface area contributed by atoms with Gasteiger partial charge in [-0.1, -0.05) is 12.1 Å². The minimum Gasteiger partial charge on any atom is -0.429 e. The molecule has 102 valence electrons. The maximum Gasteiger partial charge on any atom is 0.271 e. The summed E-state index contributed by atoms with van der Waals surface area (Å²) in [5.41, 5.74) is 1.24. The molecule has 1 saturated heterocycles. The Morgan fingerprint density at radius 2 is 1.95 bits per heavy atom. The molecular formula is C12H13NO5S. The molecule has 3 rings (SSSR count). The summed E-state index contributed by atoms with van der Waals surface area (Å²) in [6.45, 7) is -0.377. The first kappa shape index (κ1) is 12.8. The summed E-state index contributed by atoms with van der Waals surface area (Å²) in [5.74, 6) is 0. The molecule has 0 aliphatic carbocycles. The molecule has 2 aromatic rings. The van der Waals surface area contributed by atoms with Crippen LogP contribution in [0.25, 0.3) is 11.1 Å². The van der Waals surface area contributed by atoms with Crippen LogP contribution in [0.4, 0.5) is 0 Å². The van der Waals surface area contributed by atoms with E-state index in [2.05, 4.69) is 0 Å². The number of oxazole rings is 1. The lowest BCUT2D eigenvalue weighted by Gasteiger charge is -2.16. The van der Waals surface area contributed by atoms with Gasteiger partial charge in [0, 0.05) is 0 Å². The average Bonchev–Trinajstić information content (AvgIpc) is 2.88. The van der Waals surface area contributed by atoms with Gasteiger partial charge in [-0.2, -0.15) is 0 Å². The summed E-state index contributed by atoms with van der Waals surface area (Å²) in [4.78, 5) is 0.149. The number of aliphatic hydroxyl groups excluding tert-OH is 3. The zero-order valence-corrected chi connectivity index (χ0v) is 10.7. The third kappa shape index (κ3) is 1.90. The van der Waals surface area contributed by atoms with Crippen LogP contribution in [0.5, 0.6) is 0 Å². The molecule has 0 unspecified atom stereocenters. The summed E-state index contributed by atoms with van der Waals surface area (Å²) in [6, 6.07) is 7.15. The van der Waals surface area contributed by atoms with Gasteiger partial charge in [-0.25, -0.2) is 0 Å². The number of aliphatic hydroxyl groups is 3. The second kappa shape index (κ2) is 4.69. The lowest BCUT2D eigenvalue weighted by atomic mass is 10.1. The van der Waals surface area contributed by atoms with Gasteiger partial charge >= 0.3 is 0 Å². The quantitative estimate of drug-likeness (QED) is 0.699. The fourth-order valence-electron chi connectivity index (χ4n) is 2.32. The van der Waals surface area contributed by atoms with E-state index in [1.165, 1.54) is 4.57 Å². The molecule has 1 aliphatic rings. The Labute approximate surface area is 113 Å². The van der Waals surface area contributed by atoms with Crippen LogP contribution in [0.3, 0.4) is 0 Å². The smallest absolute Gasteiger partial charge is 0.271 e. The van der Waals surface area contributed by atoms with Crippen molar-refractivity contribution >= 4 is 23.3 Å². The van der Waals surface area contributed by atoms with Gasteiger partial charge in [-0.15, -0.1) is 0 Å². The van der Waals surface area contributed by atoms with Gasteiger partial charge in [0.15, 0.2) is 11.8 Å². The molecule has 0 radical (unpaired) electrons. The number of para-hydroxylation sites is 2. The van der Waals surface area contributed by atoms with Crippen LogP contribution in [-0.2, 0) is 4.74 Å². The van der Waals surface area contributed by atoms with Crippen LogP contribution < -0.4 is 0 Å². The normalized spacial score (nSPS) is 31.1. The fourth-order valence-corrected chi connectivity index (χ4v) is 2.61. The van der Waals surface area contributed by atoms with Crippen molar-refractivity contribution in [3.63, 3.8) is 0 Å². The molecule has 0 saturated carbocycles. The Kier molecular flexibility index (Phi) is 3.15. The van der Waals surface area contributed by atoms with Gasteiger partial charge in [0.1, 0.15) is 18.3 Å². The lowest BCUT2D eigenvalue weighted by molar-refractivity contribution is -0.0526. The van der Waals surface area contributed by atoms with E-state index in [9.17, 15) is 10.2 Å². The molecule has 1 fully saturated rings. The second-order valence-corrected chi connectivity index (χ2v) is 4.78. The number of rotatable bonds is 2. The summed E-state index contributed by atoms with van der Waals surface area (Å²) >= 11 is 5.12. The number of fused-ring (bicyclic) bond motifs is 1. The molecule has 1 aromatic carbocycles. The third-order valence-electron chi connectivity index (χ3n) is 3.29. The highest BCUT2D eigenvalue weighted by molar-refractivity contribution is 7.71. The largest absolute Gasteiger partial charge is 0.429 e. The van der Waals surface area contributed by atoms with E-state index in [1.54, 1.807) is 12.1 Å². The first-order valence-corrected chi connectivity index (χ1v) is 6.27. The highest BCUT2D eigenvalue weighted by Crippen LogP contribution is 2.33. The van der Waals surface area contributed by atoms with E-state index < -0.39 is 24.5 Å². The van der Waals surface area contributed by atoms with E-state index in [4.69, 9.17) is 26.5 Å². The average molecular weight is 283 g/mol. The topological polar surface area (TPSA) is 88.0 Å². The number of benzene rings is 1. The Bertz CT molecular complexity index is 651. The molecule has 0 bridgehead atoms. The standard InChI is InChI=1S/C12H13NO5S/c14-5-8-9(15)10(16)11(17-8)13-6-3-1-2-4-7(6)18-12(13)19/h1-4,8-11,14-16H,5H2/t8-,9-,10-,11-/m1/s1. The number of aromatic nitrogens is 1. The number of hydrogen-bond donors (Lipinski definition) is 3. The van der Waals surface area contributed by atoms with Crippen molar-refractivity contribution in [3.05, 3.63) is 29.1 Å². The molecule has 1 aromatic heterocycles. The van der Waals surface area contributed by atoms with Gasteiger partial charge in [0.25, 0.3) is 4.84 Å². The molecule has 6 nitrogen and oxygen atoms in total. The van der Waals surface area contributed by atoms with Crippen LogP contribution in [0.15, 0.2) is 28.7 Å². The summed E-state index contributed by atoms with van der Waals surface area (Å²) in [6.07, 6.45) is -4.05. The predicted molar refractivity (Wildman–Crippen MR) is 68.0 cm³/mol. The Morgan fingerprint density at radius 3 is 2.63 bits per heavy atom. The first-order valence-electron chi connectivity index (χ1n) is 5.86. The van der Waals surface area contributed by atoms with Crippen molar-refractivity contribution in [2.75, 3.05) is 6.61 Å². The van der Waals surface area contributed by atoms with E-state index in [-0.39, 0.29) is 11.4 Å². The summed E-state index contributed by atoms with van der Waals surface area (Å²) < 4.78 is 12.4. The van der Waals surface area contributed by atoms with E-state index in [0.29, 0.717) is 11.1 Å². The maximum absolute atomic E-state index is 10.0. The number of ether oxygens (including phenoxy) is 1. The van der Waals surface area contributed by atoms with Crippen molar-refractivity contribution in [2.24, 2.45) is 0 Å². The molecule has 2 heterocycles. The van der Waals surface area contributed by atoms with Gasteiger partial charge in [-0.05, 0) is 24.4 Å². The van der Waals surface area contributed by atoms with E-state index in [0.717, 1.165) is 0 Å². The van der Waals surface area contributed by atoms with Gasteiger partial charge < -0.3 is 24.5 Å². The monoisotopic (exact) mass is 283 g/mol. The fraction of sp³-hybridized carbons (Fsp3) is 0.417. The van der Waals surface area contributed by atoms with Gasteiger partial charge in [0.2, 0.25) is 0 Å². The van der Waals surface area contributed by atoms with Crippen LogP contribution in [-0.4, -0.2) is 44.8 Å². The predicted octanol–water partition coefficient (Wildman–Crippen LogP) is 0.575. The highest BCUT2D eigenvalue weighted by atomic mass is 32.1. The third-order valence-corrected chi connectivity index (χ3v) is 3.57. The Morgan fingerprint density at radius 1 is 1.21 bits per heavy atom. The van der Waals surface area contributed by atoms with Crippen molar-refractivity contribution < 1.29 is 24.5 Å². The number of hydrogen-bond acceptors (Lipinski definition) is 6. The molecule has 0 amide bonds. The molecule has 3 N–H and O–H groups in total. The highest BCUT2D eigenvalue weighted by Gasteiger charge is 2.44. The Hall–Kier alpha value is -1.25. The SMILES string of the molecule is OC[C@H]1O[C@@H](n2c(=S)oc3ccccc32)[C@H](O)[C@@H]1O. The maximum atomic E-state index is 10.0. The van der Waals surface area contributed by atoms with Crippen molar-refractivity contribution in [2.45, 2.75) is 24.5 Å². The summed E-state index contributed by atoms with van der Waals surface area (Å²) in [7, 11) is 0. The van der Waals surface area contributed by atoms with Crippen LogP contribution >= 0.6 is 12.2 Å². The molecule has 19 heavy (non-hydrogen) atoms. The van der Waals surface area contributed by atoms with Gasteiger partial charge in [0.05, 0.1) is 12.1 Å². The van der Waals surface area contributed by atoms with Crippen molar-refractivity contribution in [1.29, 1.82) is 0 Å². The number of nitrogens with zero attached hydrogens (tertiary/aromatic N) is 1. The van der Waals surface area contributed by atoms with Crippen LogP contribution in [0, 0.1) is 4.84 Å². The van der Waals surface area contributed by atoms with E-state index in [1.807, 2.05) is 12.1 Å². The Balaban J connectivity index is 2.10. The molecule has 1 aliphatic heterocycles.